The molecule has 2 aromatic rings. The Hall–Kier alpha value is -2.99. The number of allylic oxidation sites excluding steroid dienone is 1. The van der Waals surface area contributed by atoms with Gasteiger partial charge in [0.15, 0.2) is 0 Å². The van der Waals surface area contributed by atoms with Crippen molar-refractivity contribution in [2.75, 3.05) is 27.0 Å². The second kappa shape index (κ2) is 9.67. The molecule has 2 aromatic carbocycles. The molecule has 1 aliphatic heterocycles. The van der Waals surface area contributed by atoms with Gasteiger partial charge in [0.05, 0.1) is 25.4 Å². The van der Waals surface area contributed by atoms with E-state index in [2.05, 4.69) is 0 Å². The van der Waals surface area contributed by atoms with Gasteiger partial charge in [-0.3, -0.25) is 4.79 Å². The number of benzene rings is 2. The molecule has 30 heavy (non-hydrogen) atoms. The number of carbonyl (C=O) groups excluding carboxylic acids is 2. The van der Waals surface area contributed by atoms with Gasteiger partial charge in [-0.1, -0.05) is 24.3 Å². The van der Waals surface area contributed by atoms with Gasteiger partial charge >= 0.3 is 5.97 Å². The topological polar surface area (TPSA) is 55.8 Å². The molecule has 0 bridgehead atoms. The van der Waals surface area contributed by atoms with Crippen molar-refractivity contribution < 1.29 is 19.1 Å². The summed E-state index contributed by atoms with van der Waals surface area (Å²) in [4.78, 5) is 28.4. The average molecular weight is 424 g/mol. The number of methoxy groups -OCH3 is 2. The molecule has 0 aliphatic carbocycles. The highest BCUT2D eigenvalue weighted by molar-refractivity contribution is 7.98. The van der Waals surface area contributed by atoms with Crippen molar-refractivity contribution in [3.8, 4) is 5.75 Å². The van der Waals surface area contributed by atoms with Crippen molar-refractivity contribution in [1.29, 1.82) is 0 Å². The monoisotopic (exact) mass is 423 g/mol. The van der Waals surface area contributed by atoms with Gasteiger partial charge in [0.25, 0.3) is 5.91 Å². The predicted octanol–water partition coefficient (Wildman–Crippen LogP) is 4.33. The standard InChI is InChI=1S/C24H25NO4S/c1-16-22(24(27)29-3)21(15-18-7-11-20(30-4)12-8-18)23(26)25(16)14-13-17-5-9-19(28-2)10-6-17/h5-12,15H,13-14H2,1-4H3/b21-15-. The lowest BCUT2D eigenvalue weighted by Crippen LogP contribution is -2.27. The molecular weight excluding hydrogens is 398 g/mol. The predicted molar refractivity (Wildman–Crippen MR) is 119 cm³/mol. The Kier molecular flexibility index (Phi) is 7.00. The lowest BCUT2D eigenvalue weighted by atomic mass is 10.0. The summed E-state index contributed by atoms with van der Waals surface area (Å²) in [5, 5.41) is 0. The fraction of sp³-hybridized carbons (Fsp3) is 0.250. The van der Waals surface area contributed by atoms with E-state index in [9.17, 15) is 9.59 Å². The molecule has 1 heterocycles. The number of carbonyl (C=O) groups is 2. The number of rotatable bonds is 7. The van der Waals surface area contributed by atoms with Crippen molar-refractivity contribution in [2.45, 2.75) is 18.2 Å². The van der Waals surface area contributed by atoms with Crippen molar-refractivity contribution in [1.82, 2.24) is 4.90 Å². The van der Waals surface area contributed by atoms with Crippen LogP contribution < -0.4 is 4.74 Å². The Labute approximate surface area is 181 Å². The van der Waals surface area contributed by atoms with Crippen LogP contribution in [0.2, 0.25) is 0 Å². The minimum atomic E-state index is -0.500. The highest BCUT2D eigenvalue weighted by Gasteiger charge is 2.36. The minimum Gasteiger partial charge on any atom is -0.497 e. The van der Waals surface area contributed by atoms with Crippen LogP contribution in [0.3, 0.4) is 0 Å². The minimum absolute atomic E-state index is 0.185. The Morgan fingerprint density at radius 2 is 1.73 bits per heavy atom. The Bertz CT molecular complexity index is 991. The molecule has 3 rings (SSSR count). The Balaban J connectivity index is 1.87. The summed E-state index contributed by atoms with van der Waals surface area (Å²) >= 11 is 1.65. The zero-order valence-corrected chi connectivity index (χ0v) is 18.4. The molecule has 1 aliphatic rings. The summed E-state index contributed by atoms with van der Waals surface area (Å²) in [7, 11) is 2.96. The highest BCUT2D eigenvalue weighted by atomic mass is 32.2. The maximum Gasteiger partial charge on any atom is 0.340 e. The van der Waals surface area contributed by atoms with Crippen LogP contribution in [0.4, 0.5) is 0 Å². The molecule has 0 radical (unpaired) electrons. The van der Waals surface area contributed by atoms with Gasteiger partial charge in [0.1, 0.15) is 5.75 Å². The first-order valence-corrected chi connectivity index (χ1v) is 10.8. The van der Waals surface area contributed by atoms with Gasteiger partial charge < -0.3 is 14.4 Å². The quantitative estimate of drug-likeness (QED) is 0.377. The van der Waals surface area contributed by atoms with E-state index in [1.807, 2.05) is 54.8 Å². The third-order valence-electron chi connectivity index (χ3n) is 5.11. The number of hydrogen-bond acceptors (Lipinski definition) is 5. The molecule has 0 N–H and O–H groups in total. The normalized spacial score (nSPS) is 15.1. The molecule has 0 atom stereocenters. The summed E-state index contributed by atoms with van der Waals surface area (Å²) in [6.45, 7) is 2.26. The fourth-order valence-corrected chi connectivity index (χ4v) is 3.81. The number of amides is 1. The molecule has 0 saturated carbocycles. The van der Waals surface area contributed by atoms with Crippen LogP contribution in [0.25, 0.3) is 6.08 Å². The number of ether oxygens (including phenoxy) is 2. The van der Waals surface area contributed by atoms with Crippen molar-refractivity contribution in [3.05, 3.63) is 76.5 Å². The number of thioether (sulfide) groups is 1. The second-order valence-corrected chi connectivity index (χ2v) is 7.72. The van der Waals surface area contributed by atoms with Crippen molar-refractivity contribution >= 4 is 29.7 Å². The van der Waals surface area contributed by atoms with E-state index in [-0.39, 0.29) is 5.91 Å². The zero-order chi connectivity index (χ0) is 21.7. The first-order chi connectivity index (χ1) is 14.5. The first kappa shape index (κ1) is 21.7. The molecule has 0 spiro atoms. The third-order valence-corrected chi connectivity index (χ3v) is 5.85. The van der Waals surface area contributed by atoms with Crippen LogP contribution in [0.1, 0.15) is 18.1 Å². The molecule has 5 nitrogen and oxygen atoms in total. The maximum absolute atomic E-state index is 13.2. The lowest BCUT2D eigenvalue weighted by Gasteiger charge is -2.18. The zero-order valence-electron chi connectivity index (χ0n) is 17.6. The number of hydrogen-bond donors (Lipinski definition) is 0. The third kappa shape index (κ3) is 4.60. The van der Waals surface area contributed by atoms with Gasteiger partial charge in [0.2, 0.25) is 0 Å². The summed E-state index contributed by atoms with van der Waals surface area (Å²) in [6.07, 6.45) is 4.43. The van der Waals surface area contributed by atoms with Crippen LogP contribution in [-0.4, -0.2) is 43.8 Å². The molecule has 6 heteroatoms. The van der Waals surface area contributed by atoms with Crippen LogP contribution in [-0.2, 0) is 20.7 Å². The van der Waals surface area contributed by atoms with Gasteiger partial charge in [-0.15, -0.1) is 11.8 Å². The Morgan fingerprint density at radius 3 is 2.30 bits per heavy atom. The van der Waals surface area contributed by atoms with E-state index in [1.54, 1.807) is 36.8 Å². The van der Waals surface area contributed by atoms with E-state index < -0.39 is 5.97 Å². The lowest BCUT2D eigenvalue weighted by molar-refractivity contribution is -0.136. The number of esters is 1. The van der Waals surface area contributed by atoms with Crippen LogP contribution >= 0.6 is 11.8 Å². The summed E-state index contributed by atoms with van der Waals surface area (Å²) in [5.41, 5.74) is 3.26. The Morgan fingerprint density at radius 1 is 1.07 bits per heavy atom. The van der Waals surface area contributed by atoms with E-state index >= 15 is 0 Å². The summed E-state index contributed by atoms with van der Waals surface area (Å²) in [5.74, 6) is 0.105. The smallest absolute Gasteiger partial charge is 0.340 e. The van der Waals surface area contributed by atoms with Crippen molar-refractivity contribution in [3.63, 3.8) is 0 Å². The molecule has 156 valence electrons. The van der Waals surface area contributed by atoms with Crippen molar-refractivity contribution in [2.24, 2.45) is 0 Å². The molecular formula is C24H25NO4S. The van der Waals surface area contributed by atoms with Crippen LogP contribution in [0.5, 0.6) is 5.75 Å². The van der Waals surface area contributed by atoms with Crippen LogP contribution in [0, 0.1) is 0 Å². The number of nitrogens with zero attached hydrogens (tertiary/aromatic N) is 1. The van der Waals surface area contributed by atoms with Gasteiger partial charge in [-0.2, -0.15) is 0 Å². The summed E-state index contributed by atoms with van der Waals surface area (Å²) < 4.78 is 10.1. The summed E-state index contributed by atoms with van der Waals surface area (Å²) in [6, 6.07) is 15.6. The SMILES string of the molecule is COC(=O)C1=C(C)N(CCc2ccc(OC)cc2)C(=O)/C1=C\c1ccc(SC)cc1. The van der Waals surface area contributed by atoms with E-state index in [0.29, 0.717) is 29.8 Å². The van der Waals surface area contributed by atoms with E-state index in [4.69, 9.17) is 9.47 Å². The first-order valence-electron chi connectivity index (χ1n) is 9.58. The molecule has 0 unspecified atom stereocenters. The molecule has 0 saturated heterocycles. The van der Waals surface area contributed by atoms with E-state index in [1.165, 1.54) is 7.11 Å². The van der Waals surface area contributed by atoms with Gasteiger partial charge in [-0.25, -0.2) is 4.79 Å². The largest absolute Gasteiger partial charge is 0.497 e. The molecule has 0 aromatic heterocycles. The second-order valence-electron chi connectivity index (χ2n) is 6.84. The van der Waals surface area contributed by atoms with Gasteiger partial charge in [0, 0.05) is 17.1 Å². The molecule has 1 amide bonds. The molecule has 0 fully saturated rings. The fourth-order valence-electron chi connectivity index (χ4n) is 3.40. The van der Waals surface area contributed by atoms with Crippen LogP contribution in [0.15, 0.2) is 70.3 Å². The average Bonchev–Trinajstić information content (AvgIpc) is 3.01. The highest BCUT2D eigenvalue weighted by Crippen LogP contribution is 2.32. The van der Waals surface area contributed by atoms with E-state index in [0.717, 1.165) is 21.8 Å². The maximum atomic E-state index is 13.2. The van der Waals surface area contributed by atoms with Gasteiger partial charge in [-0.05, 0) is 61.1 Å².